The molecule has 1 aliphatic heterocycles. The van der Waals surface area contributed by atoms with Gasteiger partial charge in [-0.05, 0) is 47.3 Å². The van der Waals surface area contributed by atoms with Crippen molar-refractivity contribution < 1.29 is 4.79 Å². The molecule has 2 rings (SSSR count). The van der Waals surface area contributed by atoms with Crippen molar-refractivity contribution in [2.24, 2.45) is 11.7 Å². The summed E-state index contributed by atoms with van der Waals surface area (Å²) < 4.78 is 0.980. The first-order valence-corrected chi connectivity index (χ1v) is 7.76. The molecule has 1 aromatic rings. The summed E-state index contributed by atoms with van der Waals surface area (Å²) in [6.07, 6.45) is 3.75. The molecule has 1 unspecified atom stereocenters. The molecule has 0 radical (unpaired) electrons. The number of nitrogens with zero attached hydrogens (tertiary/aromatic N) is 2. The Labute approximate surface area is 128 Å². The number of hydrogen-bond donors (Lipinski definition) is 2. The van der Waals surface area contributed by atoms with E-state index in [1.807, 2.05) is 6.92 Å². The Morgan fingerprint density at radius 3 is 3.15 bits per heavy atom. The van der Waals surface area contributed by atoms with Gasteiger partial charge in [0.05, 0.1) is 5.92 Å². The molecule has 20 heavy (non-hydrogen) atoms. The number of anilines is 1. The zero-order valence-corrected chi connectivity index (χ0v) is 13.3. The number of rotatable bonds is 4. The highest BCUT2D eigenvalue weighted by molar-refractivity contribution is 9.10. The van der Waals surface area contributed by atoms with Crippen LogP contribution in [0.1, 0.15) is 18.4 Å². The minimum atomic E-state index is 0.0279. The number of halogens is 1. The Hall–Kier alpha value is -1.14. The summed E-state index contributed by atoms with van der Waals surface area (Å²) in [5, 5.41) is 2.88. The molecule has 1 fully saturated rings. The van der Waals surface area contributed by atoms with Crippen LogP contribution in [0.3, 0.4) is 0 Å². The zero-order valence-electron chi connectivity index (χ0n) is 11.7. The second-order valence-corrected chi connectivity index (χ2v) is 6.07. The third-order valence-electron chi connectivity index (χ3n) is 3.55. The predicted molar refractivity (Wildman–Crippen MR) is 83.7 cm³/mol. The first kappa shape index (κ1) is 15.3. The first-order chi connectivity index (χ1) is 9.61. The van der Waals surface area contributed by atoms with Crippen molar-refractivity contribution in [2.45, 2.75) is 19.8 Å². The fraction of sp³-hybridized carbons (Fsp3) is 0.571. The molecule has 110 valence electrons. The van der Waals surface area contributed by atoms with E-state index in [1.54, 1.807) is 6.20 Å². The highest BCUT2D eigenvalue weighted by atomic mass is 79.9. The van der Waals surface area contributed by atoms with E-state index in [0.29, 0.717) is 13.1 Å². The number of hydrogen-bond acceptors (Lipinski definition) is 4. The number of aromatic nitrogens is 1. The fourth-order valence-electron chi connectivity index (χ4n) is 2.59. The van der Waals surface area contributed by atoms with E-state index in [1.165, 1.54) is 0 Å². The summed E-state index contributed by atoms with van der Waals surface area (Å²) in [7, 11) is 0. The second kappa shape index (κ2) is 7.04. The third kappa shape index (κ3) is 3.70. The molecular weight excluding hydrogens is 320 g/mol. The van der Waals surface area contributed by atoms with Crippen molar-refractivity contribution in [1.29, 1.82) is 0 Å². The normalized spacial score (nSPS) is 18.9. The van der Waals surface area contributed by atoms with Gasteiger partial charge in [0.25, 0.3) is 0 Å². The van der Waals surface area contributed by atoms with Crippen molar-refractivity contribution >= 4 is 27.7 Å². The van der Waals surface area contributed by atoms with E-state index in [2.05, 4.69) is 37.2 Å². The van der Waals surface area contributed by atoms with Crippen LogP contribution < -0.4 is 16.0 Å². The molecule has 1 amide bonds. The molecule has 0 aromatic carbocycles. The Kier molecular flexibility index (Phi) is 5.37. The van der Waals surface area contributed by atoms with Gasteiger partial charge in [-0.2, -0.15) is 0 Å². The number of piperidine rings is 1. The molecule has 6 heteroatoms. The van der Waals surface area contributed by atoms with Crippen LogP contribution in [0.4, 0.5) is 5.82 Å². The van der Waals surface area contributed by atoms with Crippen LogP contribution in [0, 0.1) is 12.8 Å². The molecule has 1 aliphatic rings. The molecule has 1 aromatic heterocycles. The van der Waals surface area contributed by atoms with E-state index in [0.717, 1.165) is 41.8 Å². The minimum absolute atomic E-state index is 0.0279. The Morgan fingerprint density at radius 2 is 2.45 bits per heavy atom. The number of carbonyl (C=O) groups excluding carboxylic acids is 1. The van der Waals surface area contributed by atoms with E-state index in [9.17, 15) is 4.79 Å². The van der Waals surface area contributed by atoms with Gasteiger partial charge in [0.1, 0.15) is 5.82 Å². The van der Waals surface area contributed by atoms with Crippen molar-refractivity contribution in [1.82, 2.24) is 10.3 Å². The number of nitrogens with two attached hydrogens (primary N) is 1. The topological polar surface area (TPSA) is 71.2 Å². The minimum Gasteiger partial charge on any atom is -0.356 e. The van der Waals surface area contributed by atoms with Crippen LogP contribution in [0.25, 0.3) is 0 Å². The van der Waals surface area contributed by atoms with Crippen LogP contribution in [-0.4, -0.2) is 37.1 Å². The maximum Gasteiger partial charge on any atom is 0.224 e. The van der Waals surface area contributed by atoms with Crippen LogP contribution in [0.5, 0.6) is 0 Å². The molecule has 1 saturated heterocycles. The van der Waals surface area contributed by atoms with Gasteiger partial charge in [-0.15, -0.1) is 0 Å². The summed E-state index contributed by atoms with van der Waals surface area (Å²) in [5.41, 5.74) is 6.55. The lowest BCUT2D eigenvalue weighted by molar-refractivity contribution is -0.125. The molecule has 0 aliphatic carbocycles. The summed E-state index contributed by atoms with van der Waals surface area (Å²) in [5.74, 6) is 1.11. The average Bonchev–Trinajstić information content (AvgIpc) is 2.45. The highest BCUT2D eigenvalue weighted by Gasteiger charge is 2.26. The smallest absolute Gasteiger partial charge is 0.224 e. The van der Waals surface area contributed by atoms with Crippen molar-refractivity contribution in [3.63, 3.8) is 0 Å². The van der Waals surface area contributed by atoms with E-state index >= 15 is 0 Å². The number of carbonyl (C=O) groups is 1. The van der Waals surface area contributed by atoms with E-state index in [4.69, 9.17) is 5.73 Å². The Bertz CT molecular complexity index is 480. The van der Waals surface area contributed by atoms with Gasteiger partial charge >= 0.3 is 0 Å². The van der Waals surface area contributed by atoms with Crippen LogP contribution in [0.15, 0.2) is 16.7 Å². The largest absolute Gasteiger partial charge is 0.356 e. The van der Waals surface area contributed by atoms with Crippen molar-refractivity contribution in [3.05, 3.63) is 22.3 Å². The standard InChI is InChI=1S/C14H21BrN4O/c1-10-7-12(15)8-18-13(10)19-6-2-3-11(9-19)14(20)17-5-4-16/h7-8,11H,2-6,9,16H2,1H3,(H,17,20). The lowest BCUT2D eigenvalue weighted by Gasteiger charge is -2.33. The quantitative estimate of drug-likeness (QED) is 0.870. The highest BCUT2D eigenvalue weighted by Crippen LogP contribution is 2.26. The lowest BCUT2D eigenvalue weighted by atomic mass is 9.97. The third-order valence-corrected chi connectivity index (χ3v) is 3.99. The van der Waals surface area contributed by atoms with Crippen LogP contribution in [-0.2, 0) is 4.79 Å². The molecule has 0 bridgehead atoms. The number of amides is 1. The maximum atomic E-state index is 12.1. The van der Waals surface area contributed by atoms with Crippen LogP contribution in [0.2, 0.25) is 0 Å². The molecule has 5 nitrogen and oxygen atoms in total. The van der Waals surface area contributed by atoms with Crippen LogP contribution >= 0.6 is 15.9 Å². The summed E-state index contributed by atoms with van der Waals surface area (Å²) in [4.78, 5) is 18.7. The Balaban J connectivity index is 2.04. The molecule has 0 saturated carbocycles. The van der Waals surface area contributed by atoms with Gasteiger partial charge in [-0.3, -0.25) is 4.79 Å². The molecule has 1 atom stereocenters. The van der Waals surface area contributed by atoms with Gasteiger partial charge in [0.15, 0.2) is 0 Å². The van der Waals surface area contributed by atoms with Gasteiger partial charge < -0.3 is 16.0 Å². The lowest BCUT2D eigenvalue weighted by Crippen LogP contribution is -2.44. The van der Waals surface area contributed by atoms with E-state index in [-0.39, 0.29) is 11.8 Å². The van der Waals surface area contributed by atoms with Gasteiger partial charge in [0.2, 0.25) is 5.91 Å². The molecular formula is C14H21BrN4O. The molecule has 2 heterocycles. The molecule has 0 spiro atoms. The summed E-state index contributed by atoms with van der Waals surface area (Å²) in [6.45, 7) is 4.76. The predicted octanol–water partition coefficient (Wildman–Crippen LogP) is 1.44. The summed E-state index contributed by atoms with van der Waals surface area (Å²) in [6, 6.07) is 2.06. The van der Waals surface area contributed by atoms with Gasteiger partial charge in [-0.1, -0.05) is 0 Å². The Morgan fingerprint density at radius 1 is 1.65 bits per heavy atom. The zero-order chi connectivity index (χ0) is 14.5. The monoisotopic (exact) mass is 340 g/mol. The number of pyridine rings is 1. The maximum absolute atomic E-state index is 12.1. The van der Waals surface area contributed by atoms with Crippen molar-refractivity contribution in [2.75, 3.05) is 31.1 Å². The van der Waals surface area contributed by atoms with Gasteiger partial charge in [0, 0.05) is 36.8 Å². The second-order valence-electron chi connectivity index (χ2n) is 5.16. The average molecular weight is 341 g/mol. The number of aryl methyl sites for hydroxylation is 1. The van der Waals surface area contributed by atoms with E-state index < -0.39 is 0 Å². The van der Waals surface area contributed by atoms with Gasteiger partial charge in [-0.25, -0.2) is 4.98 Å². The first-order valence-electron chi connectivity index (χ1n) is 6.96. The summed E-state index contributed by atoms with van der Waals surface area (Å²) >= 11 is 3.43. The fourth-order valence-corrected chi connectivity index (χ4v) is 3.03. The SMILES string of the molecule is Cc1cc(Br)cnc1N1CCCC(C(=O)NCCN)C1. The molecule has 3 N–H and O–H groups in total. The van der Waals surface area contributed by atoms with Crippen molar-refractivity contribution in [3.8, 4) is 0 Å². The number of nitrogens with one attached hydrogen (secondary N) is 1.